The Morgan fingerprint density at radius 1 is 0.889 bits per heavy atom. The molecule has 0 bridgehead atoms. The molecule has 3 aromatic rings. The first-order valence-corrected chi connectivity index (χ1v) is 11.6. The van der Waals surface area contributed by atoms with Crippen LogP contribution in [0.4, 0.5) is 5.69 Å². The first-order chi connectivity index (χ1) is 17.3. The Morgan fingerprint density at radius 2 is 1.47 bits per heavy atom. The number of hydrogen-bond donors (Lipinski definition) is 1. The second-order valence-electron chi connectivity index (χ2n) is 8.51. The Kier molecular flexibility index (Phi) is 7.01. The second-order valence-corrected chi connectivity index (χ2v) is 8.51. The summed E-state index contributed by atoms with van der Waals surface area (Å²) in [6.45, 7) is 3.97. The van der Waals surface area contributed by atoms with Crippen LogP contribution in [0, 0.1) is 6.92 Å². The minimum Gasteiger partial charge on any atom is -0.507 e. The maximum atomic E-state index is 13.4. The Labute approximate surface area is 210 Å². The van der Waals surface area contributed by atoms with E-state index in [1.54, 1.807) is 36.4 Å². The zero-order valence-electron chi connectivity index (χ0n) is 21.0. The predicted molar refractivity (Wildman–Crippen MR) is 138 cm³/mol. The highest BCUT2D eigenvalue weighted by atomic mass is 16.5. The van der Waals surface area contributed by atoms with E-state index < -0.39 is 17.7 Å². The fourth-order valence-corrected chi connectivity index (χ4v) is 4.43. The number of carbonyl (C=O) groups excluding carboxylic acids is 2. The standard InChI is InChI=1S/C29H29NO6/c1-6-18-9-11-19(12-10-18)26(31)24-25(20-15-22(34-3)28(36-5)23(16-20)35-4)30(29(33)27(24)32)21-13-7-17(2)8-14-21/h7-16,25,31H,6H2,1-5H3/b26-24+. The van der Waals surface area contributed by atoms with Crippen molar-refractivity contribution in [1.82, 2.24) is 0 Å². The van der Waals surface area contributed by atoms with Crippen LogP contribution in [0.25, 0.3) is 5.76 Å². The van der Waals surface area contributed by atoms with Crippen molar-refractivity contribution >= 4 is 23.1 Å². The second kappa shape index (κ2) is 10.2. The van der Waals surface area contributed by atoms with E-state index in [0.717, 1.165) is 17.5 Å². The number of ketones is 1. The van der Waals surface area contributed by atoms with E-state index in [0.29, 0.717) is 34.1 Å². The van der Waals surface area contributed by atoms with Crippen LogP contribution in [-0.4, -0.2) is 38.1 Å². The average Bonchev–Trinajstić information content (AvgIpc) is 3.17. The van der Waals surface area contributed by atoms with Gasteiger partial charge in [0.05, 0.1) is 32.9 Å². The molecular formula is C29H29NO6. The average molecular weight is 488 g/mol. The summed E-state index contributed by atoms with van der Waals surface area (Å²) in [5, 5.41) is 11.4. The van der Waals surface area contributed by atoms with Gasteiger partial charge in [0, 0.05) is 11.3 Å². The Bertz CT molecular complexity index is 1300. The van der Waals surface area contributed by atoms with Gasteiger partial charge in [-0.1, -0.05) is 48.9 Å². The molecule has 4 rings (SSSR count). The number of ether oxygens (including phenoxy) is 3. The molecule has 3 aromatic carbocycles. The van der Waals surface area contributed by atoms with Crippen LogP contribution < -0.4 is 19.1 Å². The summed E-state index contributed by atoms with van der Waals surface area (Å²) in [6, 6.07) is 17.0. The number of aliphatic hydroxyl groups excluding tert-OH is 1. The Hall–Kier alpha value is -4.26. The van der Waals surface area contributed by atoms with Crippen LogP contribution in [0.15, 0.2) is 66.2 Å². The number of rotatable bonds is 7. The summed E-state index contributed by atoms with van der Waals surface area (Å²) in [5.41, 5.74) is 3.59. The van der Waals surface area contributed by atoms with E-state index in [1.165, 1.54) is 26.2 Å². The molecule has 1 N–H and O–H groups in total. The molecular weight excluding hydrogens is 458 g/mol. The highest BCUT2D eigenvalue weighted by molar-refractivity contribution is 6.51. The van der Waals surface area contributed by atoms with E-state index >= 15 is 0 Å². The minimum absolute atomic E-state index is 0.0147. The third-order valence-electron chi connectivity index (χ3n) is 6.39. The number of carbonyl (C=O) groups is 2. The number of hydrogen-bond acceptors (Lipinski definition) is 6. The summed E-state index contributed by atoms with van der Waals surface area (Å²) >= 11 is 0. The van der Waals surface area contributed by atoms with E-state index in [9.17, 15) is 14.7 Å². The fourth-order valence-electron chi connectivity index (χ4n) is 4.43. The van der Waals surface area contributed by atoms with Gasteiger partial charge in [0.15, 0.2) is 11.5 Å². The quantitative estimate of drug-likeness (QED) is 0.280. The molecule has 1 aliphatic rings. The molecule has 1 aliphatic heterocycles. The van der Waals surface area contributed by atoms with Crippen molar-refractivity contribution in [2.75, 3.05) is 26.2 Å². The van der Waals surface area contributed by atoms with Gasteiger partial charge in [0.2, 0.25) is 5.75 Å². The van der Waals surface area contributed by atoms with Crippen LogP contribution in [0.2, 0.25) is 0 Å². The van der Waals surface area contributed by atoms with Crippen LogP contribution in [0.1, 0.15) is 35.2 Å². The van der Waals surface area contributed by atoms with Gasteiger partial charge in [-0.2, -0.15) is 0 Å². The number of aryl methyl sites for hydroxylation is 2. The molecule has 0 aliphatic carbocycles. The van der Waals surface area contributed by atoms with Crippen LogP contribution in [0.3, 0.4) is 0 Å². The maximum absolute atomic E-state index is 13.4. The highest BCUT2D eigenvalue weighted by Crippen LogP contribution is 2.47. The minimum atomic E-state index is -0.924. The summed E-state index contributed by atoms with van der Waals surface area (Å²) < 4.78 is 16.5. The number of methoxy groups -OCH3 is 3. The molecule has 0 aromatic heterocycles. The third-order valence-corrected chi connectivity index (χ3v) is 6.39. The zero-order valence-corrected chi connectivity index (χ0v) is 21.0. The summed E-state index contributed by atoms with van der Waals surface area (Å²) in [4.78, 5) is 28.2. The third kappa shape index (κ3) is 4.28. The molecule has 1 atom stereocenters. The molecule has 1 fully saturated rings. The number of benzene rings is 3. The fraction of sp³-hybridized carbons (Fsp3) is 0.241. The monoisotopic (exact) mass is 487 g/mol. The molecule has 1 heterocycles. The molecule has 186 valence electrons. The summed E-state index contributed by atoms with van der Waals surface area (Å²) in [6.07, 6.45) is 0.838. The molecule has 0 spiro atoms. The lowest BCUT2D eigenvalue weighted by Crippen LogP contribution is -2.29. The molecule has 36 heavy (non-hydrogen) atoms. The van der Waals surface area contributed by atoms with Crippen molar-refractivity contribution in [3.05, 3.63) is 88.5 Å². The first-order valence-electron chi connectivity index (χ1n) is 11.6. The van der Waals surface area contributed by atoms with Gasteiger partial charge >= 0.3 is 0 Å². The molecule has 0 saturated carbocycles. The topological polar surface area (TPSA) is 85.3 Å². The van der Waals surface area contributed by atoms with Gasteiger partial charge < -0.3 is 19.3 Å². The zero-order chi connectivity index (χ0) is 26.0. The van der Waals surface area contributed by atoms with Gasteiger partial charge in [0.1, 0.15) is 5.76 Å². The van der Waals surface area contributed by atoms with Gasteiger partial charge in [0.25, 0.3) is 11.7 Å². The van der Waals surface area contributed by atoms with Crippen molar-refractivity contribution in [2.24, 2.45) is 0 Å². The number of aliphatic hydroxyl groups is 1. The normalized spacial score (nSPS) is 16.8. The van der Waals surface area contributed by atoms with Crippen LogP contribution in [-0.2, 0) is 16.0 Å². The molecule has 1 unspecified atom stereocenters. The van der Waals surface area contributed by atoms with Crippen LogP contribution >= 0.6 is 0 Å². The Balaban J connectivity index is 1.99. The van der Waals surface area contributed by atoms with E-state index in [4.69, 9.17) is 14.2 Å². The number of nitrogens with zero attached hydrogens (tertiary/aromatic N) is 1. The molecule has 1 saturated heterocycles. The largest absolute Gasteiger partial charge is 0.507 e. The lowest BCUT2D eigenvalue weighted by molar-refractivity contribution is -0.132. The van der Waals surface area contributed by atoms with Crippen molar-refractivity contribution in [3.8, 4) is 17.2 Å². The predicted octanol–water partition coefficient (Wildman–Crippen LogP) is 5.21. The van der Waals surface area contributed by atoms with Gasteiger partial charge in [-0.25, -0.2) is 0 Å². The lowest BCUT2D eigenvalue weighted by Gasteiger charge is -2.26. The van der Waals surface area contributed by atoms with E-state index in [2.05, 4.69) is 0 Å². The smallest absolute Gasteiger partial charge is 0.300 e. The van der Waals surface area contributed by atoms with E-state index in [1.807, 2.05) is 38.1 Å². The molecule has 0 radical (unpaired) electrons. The number of anilines is 1. The molecule has 7 nitrogen and oxygen atoms in total. The van der Waals surface area contributed by atoms with Crippen molar-refractivity contribution in [3.63, 3.8) is 0 Å². The maximum Gasteiger partial charge on any atom is 0.300 e. The summed E-state index contributed by atoms with van der Waals surface area (Å²) in [5.74, 6) is -0.631. The summed E-state index contributed by atoms with van der Waals surface area (Å²) in [7, 11) is 4.49. The molecule has 7 heteroatoms. The number of Topliss-reactive ketones (excluding diaryl/α,β-unsaturated/α-hetero) is 1. The first kappa shape index (κ1) is 24.9. The van der Waals surface area contributed by atoms with Gasteiger partial charge in [-0.3, -0.25) is 14.5 Å². The molecule has 1 amide bonds. The van der Waals surface area contributed by atoms with Crippen molar-refractivity contribution < 1.29 is 28.9 Å². The highest BCUT2D eigenvalue weighted by Gasteiger charge is 2.47. The van der Waals surface area contributed by atoms with Gasteiger partial charge in [-0.05, 0) is 48.7 Å². The Morgan fingerprint density at radius 3 is 1.97 bits per heavy atom. The van der Waals surface area contributed by atoms with Crippen LogP contribution in [0.5, 0.6) is 17.2 Å². The van der Waals surface area contributed by atoms with Crippen molar-refractivity contribution in [1.29, 1.82) is 0 Å². The van der Waals surface area contributed by atoms with Crippen molar-refractivity contribution in [2.45, 2.75) is 26.3 Å². The van der Waals surface area contributed by atoms with Gasteiger partial charge in [-0.15, -0.1) is 0 Å². The SMILES string of the molecule is CCc1ccc(/C(O)=C2\C(=O)C(=O)N(c3ccc(C)cc3)C2c2cc(OC)c(OC)c(OC)c2)cc1. The van der Waals surface area contributed by atoms with E-state index in [-0.39, 0.29) is 11.3 Å². The lowest BCUT2D eigenvalue weighted by atomic mass is 9.94. The number of amides is 1.